The second-order valence-electron chi connectivity index (χ2n) is 4.05. The molecule has 1 atom stereocenters. The summed E-state index contributed by atoms with van der Waals surface area (Å²) in [7, 11) is 0. The largest absolute Gasteiger partial charge is 0.348 e. The van der Waals surface area contributed by atoms with Gasteiger partial charge < -0.3 is 5.32 Å². The van der Waals surface area contributed by atoms with Crippen LogP contribution >= 0.6 is 0 Å². The summed E-state index contributed by atoms with van der Waals surface area (Å²) >= 11 is 0. The van der Waals surface area contributed by atoms with Gasteiger partial charge >= 0.3 is 0 Å². The molecule has 0 saturated carbocycles. The Morgan fingerprint density at radius 1 is 1.27 bits per heavy atom. The maximum Gasteiger partial charge on any atom is 0.271 e. The number of nitrogens with zero attached hydrogens (tertiary/aromatic N) is 2. The maximum absolute atomic E-state index is 11.7. The molecule has 15 heavy (non-hydrogen) atoms. The molecule has 0 spiro atoms. The van der Waals surface area contributed by atoms with Crippen molar-refractivity contribution in [2.24, 2.45) is 5.92 Å². The lowest BCUT2D eigenvalue weighted by molar-refractivity contribution is 0.0925. The lowest BCUT2D eigenvalue weighted by Crippen LogP contribution is -2.36. The molecular weight excluding hydrogens is 190 g/mol. The molecule has 0 aromatic carbocycles. The SMILES string of the molecule is Cc1cnc(C(=O)NC(C)C(C)C)cn1. The second kappa shape index (κ2) is 4.87. The fraction of sp³-hybridized carbons (Fsp3) is 0.545. The number of carbonyl (C=O) groups is 1. The Hall–Kier alpha value is -1.45. The van der Waals surface area contributed by atoms with Crippen LogP contribution in [0.4, 0.5) is 0 Å². The van der Waals surface area contributed by atoms with Crippen LogP contribution in [0, 0.1) is 12.8 Å². The predicted octanol–water partition coefficient (Wildman–Crippen LogP) is 1.56. The molecule has 1 heterocycles. The number of rotatable bonds is 3. The summed E-state index contributed by atoms with van der Waals surface area (Å²) in [6.45, 7) is 7.94. The van der Waals surface area contributed by atoms with Gasteiger partial charge in [0.05, 0.1) is 11.9 Å². The first kappa shape index (κ1) is 11.6. The van der Waals surface area contributed by atoms with Gasteiger partial charge in [0.2, 0.25) is 0 Å². The van der Waals surface area contributed by atoms with E-state index in [0.717, 1.165) is 5.69 Å². The predicted molar refractivity (Wildman–Crippen MR) is 58.5 cm³/mol. The number of amides is 1. The van der Waals surface area contributed by atoms with Crippen molar-refractivity contribution in [2.75, 3.05) is 0 Å². The van der Waals surface area contributed by atoms with Gasteiger partial charge in [0.25, 0.3) is 5.91 Å². The molecule has 1 aromatic rings. The molecule has 1 aromatic heterocycles. The van der Waals surface area contributed by atoms with Crippen LogP contribution < -0.4 is 5.32 Å². The van der Waals surface area contributed by atoms with Gasteiger partial charge in [-0.1, -0.05) is 13.8 Å². The molecule has 0 aliphatic heterocycles. The number of nitrogens with one attached hydrogen (secondary N) is 1. The van der Waals surface area contributed by atoms with Gasteiger partial charge in [-0.05, 0) is 19.8 Å². The summed E-state index contributed by atoms with van der Waals surface area (Å²) in [5, 5.41) is 2.87. The molecule has 1 rings (SSSR count). The summed E-state index contributed by atoms with van der Waals surface area (Å²) in [5.74, 6) is 0.246. The quantitative estimate of drug-likeness (QED) is 0.818. The summed E-state index contributed by atoms with van der Waals surface area (Å²) in [6.07, 6.45) is 3.09. The normalized spacial score (nSPS) is 12.6. The highest BCUT2D eigenvalue weighted by atomic mass is 16.1. The van der Waals surface area contributed by atoms with Gasteiger partial charge in [0.15, 0.2) is 0 Å². The number of aromatic nitrogens is 2. The van der Waals surface area contributed by atoms with E-state index in [9.17, 15) is 4.79 Å². The van der Waals surface area contributed by atoms with Gasteiger partial charge in [-0.25, -0.2) is 4.98 Å². The van der Waals surface area contributed by atoms with Crippen molar-refractivity contribution in [3.63, 3.8) is 0 Å². The molecule has 0 fully saturated rings. The van der Waals surface area contributed by atoms with Crippen molar-refractivity contribution in [2.45, 2.75) is 33.7 Å². The number of aryl methyl sites for hydroxylation is 1. The molecule has 0 radical (unpaired) electrons. The minimum absolute atomic E-state index is 0.139. The highest BCUT2D eigenvalue weighted by Crippen LogP contribution is 2.01. The van der Waals surface area contributed by atoms with Gasteiger partial charge in [-0.15, -0.1) is 0 Å². The van der Waals surface area contributed by atoms with E-state index in [1.807, 2.05) is 13.8 Å². The molecule has 0 bridgehead atoms. The Morgan fingerprint density at radius 2 is 1.93 bits per heavy atom. The molecule has 1 amide bonds. The first-order valence-electron chi connectivity index (χ1n) is 5.10. The zero-order chi connectivity index (χ0) is 11.4. The van der Waals surface area contributed by atoms with Crippen LogP contribution in [0.3, 0.4) is 0 Å². The van der Waals surface area contributed by atoms with Gasteiger partial charge in [0, 0.05) is 12.2 Å². The van der Waals surface area contributed by atoms with Gasteiger partial charge in [-0.3, -0.25) is 9.78 Å². The summed E-state index contributed by atoms with van der Waals surface area (Å²) in [4.78, 5) is 19.7. The van der Waals surface area contributed by atoms with E-state index in [2.05, 4.69) is 29.1 Å². The average Bonchev–Trinajstić information content (AvgIpc) is 2.18. The van der Waals surface area contributed by atoms with Gasteiger partial charge in [0.1, 0.15) is 5.69 Å². The van der Waals surface area contributed by atoms with E-state index in [4.69, 9.17) is 0 Å². The van der Waals surface area contributed by atoms with Crippen molar-refractivity contribution < 1.29 is 4.79 Å². The van der Waals surface area contributed by atoms with E-state index in [1.165, 1.54) is 6.20 Å². The van der Waals surface area contributed by atoms with Crippen molar-refractivity contribution in [3.8, 4) is 0 Å². The summed E-state index contributed by atoms with van der Waals surface area (Å²) < 4.78 is 0. The first-order chi connectivity index (χ1) is 7.00. The van der Waals surface area contributed by atoms with E-state index >= 15 is 0 Å². The fourth-order valence-corrected chi connectivity index (χ4v) is 0.957. The molecule has 4 nitrogen and oxygen atoms in total. The van der Waals surface area contributed by atoms with Crippen molar-refractivity contribution in [1.29, 1.82) is 0 Å². The smallest absolute Gasteiger partial charge is 0.271 e. The lowest BCUT2D eigenvalue weighted by atomic mass is 10.1. The van der Waals surface area contributed by atoms with E-state index in [1.54, 1.807) is 6.20 Å². The molecule has 0 aliphatic carbocycles. The monoisotopic (exact) mass is 207 g/mol. The van der Waals surface area contributed by atoms with Crippen LogP contribution in [0.15, 0.2) is 12.4 Å². The van der Waals surface area contributed by atoms with E-state index < -0.39 is 0 Å². The fourth-order valence-electron chi connectivity index (χ4n) is 0.957. The molecular formula is C11H17N3O. The Morgan fingerprint density at radius 3 is 2.40 bits per heavy atom. The second-order valence-corrected chi connectivity index (χ2v) is 4.05. The maximum atomic E-state index is 11.7. The highest BCUT2D eigenvalue weighted by Gasteiger charge is 2.13. The Labute approximate surface area is 90.1 Å². The van der Waals surface area contributed by atoms with Crippen molar-refractivity contribution in [3.05, 3.63) is 23.8 Å². The standard InChI is InChI=1S/C11H17N3O/c1-7(2)9(4)14-11(15)10-6-12-8(3)5-13-10/h5-7,9H,1-4H3,(H,14,15). The third-order valence-electron chi connectivity index (χ3n) is 2.37. The Kier molecular flexibility index (Phi) is 3.77. The molecule has 0 saturated heterocycles. The Bertz CT molecular complexity index is 332. The molecule has 4 heteroatoms. The third-order valence-corrected chi connectivity index (χ3v) is 2.37. The minimum atomic E-state index is -0.163. The van der Waals surface area contributed by atoms with E-state index in [0.29, 0.717) is 11.6 Å². The number of hydrogen-bond acceptors (Lipinski definition) is 3. The number of carbonyl (C=O) groups excluding carboxylic acids is 1. The van der Waals surface area contributed by atoms with Crippen LogP contribution in [0.25, 0.3) is 0 Å². The third kappa shape index (κ3) is 3.31. The minimum Gasteiger partial charge on any atom is -0.348 e. The van der Waals surface area contributed by atoms with Crippen LogP contribution in [0.1, 0.15) is 37.0 Å². The van der Waals surface area contributed by atoms with Crippen molar-refractivity contribution in [1.82, 2.24) is 15.3 Å². The Balaban J connectivity index is 2.65. The molecule has 1 N–H and O–H groups in total. The van der Waals surface area contributed by atoms with Crippen molar-refractivity contribution >= 4 is 5.91 Å². The number of hydrogen-bond donors (Lipinski definition) is 1. The summed E-state index contributed by atoms with van der Waals surface area (Å²) in [5.41, 5.74) is 1.18. The zero-order valence-electron chi connectivity index (χ0n) is 9.61. The van der Waals surface area contributed by atoms with Crippen LogP contribution in [-0.2, 0) is 0 Å². The van der Waals surface area contributed by atoms with Gasteiger partial charge in [-0.2, -0.15) is 0 Å². The average molecular weight is 207 g/mol. The lowest BCUT2D eigenvalue weighted by Gasteiger charge is -2.16. The topological polar surface area (TPSA) is 54.9 Å². The van der Waals surface area contributed by atoms with E-state index in [-0.39, 0.29) is 11.9 Å². The zero-order valence-corrected chi connectivity index (χ0v) is 9.61. The van der Waals surface area contributed by atoms with Crippen LogP contribution in [0.2, 0.25) is 0 Å². The first-order valence-corrected chi connectivity index (χ1v) is 5.10. The van der Waals surface area contributed by atoms with Crippen LogP contribution in [-0.4, -0.2) is 21.9 Å². The molecule has 0 aliphatic rings. The summed E-state index contributed by atoms with van der Waals surface area (Å²) in [6, 6.07) is 0.139. The molecule has 1 unspecified atom stereocenters. The highest BCUT2D eigenvalue weighted by molar-refractivity contribution is 5.92. The van der Waals surface area contributed by atoms with Crippen LogP contribution in [0.5, 0.6) is 0 Å². The molecule has 82 valence electrons.